The summed E-state index contributed by atoms with van der Waals surface area (Å²) in [6.07, 6.45) is 3.47. The molecule has 0 saturated carbocycles. The van der Waals surface area contributed by atoms with Gasteiger partial charge >= 0.3 is 0 Å². The predicted octanol–water partition coefficient (Wildman–Crippen LogP) is 1.79. The van der Waals surface area contributed by atoms with Gasteiger partial charge in [-0.3, -0.25) is 4.68 Å². The average Bonchev–Trinajstić information content (AvgIpc) is 2.84. The van der Waals surface area contributed by atoms with Crippen molar-refractivity contribution >= 4 is 38.8 Å². The van der Waals surface area contributed by atoms with Crippen LogP contribution in [0.25, 0.3) is 0 Å². The van der Waals surface area contributed by atoms with Gasteiger partial charge in [-0.25, -0.2) is 0 Å². The molecule has 7 heteroatoms. The molecule has 0 aliphatic rings. The molecule has 0 unspecified atom stereocenters. The van der Waals surface area contributed by atoms with Crippen molar-refractivity contribution in [2.45, 2.75) is 6.54 Å². The minimum absolute atomic E-state index is 0.375. The van der Waals surface area contributed by atoms with Gasteiger partial charge in [0.25, 0.3) is 0 Å². The average molecular weight is 326 g/mol. The first-order valence-corrected chi connectivity index (χ1v) is 6.54. The second kappa shape index (κ2) is 5.92. The SMILES string of the molecule is NC(=S)c1cc(Br)ccc1NCCn1ccnn1. The molecular formula is C11H12BrN5S. The summed E-state index contributed by atoms with van der Waals surface area (Å²) < 4.78 is 2.71. The molecule has 1 heterocycles. The maximum Gasteiger partial charge on any atom is 0.106 e. The highest BCUT2D eigenvalue weighted by Gasteiger charge is 2.05. The maximum absolute atomic E-state index is 5.69. The Morgan fingerprint density at radius 1 is 1.50 bits per heavy atom. The van der Waals surface area contributed by atoms with Gasteiger partial charge in [0.05, 0.1) is 12.7 Å². The number of halogens is 1. The van der Waals surface area contributed by atoms with Crippen LogP contribution in [-0.2, 0) is 6.54 Å². The lowest BCUT2D eigenvalue weighted by atomic mass is 10.2. The van der Waals surface area contributed by atoms with E-state index in [1.165, 1.54) is 0 Å². The summed E-state index contributed by atoms with van der Waals surface area (Å²) in [5, 5.41) is 10.9. The van der Waals surface area contributed by atoms with Crippen molar-refractivity contribution in [3.8, 4) is 0 Å². The number of benzene rings is 1. The van der Waals surface area contributed by atoms with E-state index < -0.39 is 0 Å². The Morgan fingerprint density at radius 3 is 3.00 bits per heavy atom. The standard InChI is InChI=1S/C11H12BrN5S/c12-8-1-2-10(9(7-8)11(13)18)14-3-5-17-6-4-15-16-17/h1-2,4,6-7,14H,3,5H2,(H2,13,18). The zero-order valence-corrected chi connectivity index (χ0v) is 11.9. The van der Waals surface area contributed by atoms with Crippen LogP contribution >= 0.6 is 28.1 Å². The Hall–Kier alpha value is -1.47. The van der Waals surface area contributed by atoms with Crippen molar-refractivity contribution in [3.05, 3.63) is 40.6 Å². The molecule has 5 nitrogen and oxygen atoms in total. The van der Waals surface area contributed by atoms with Gasteiger partial charge in [0.1, 0.15) is 4.99 Å². The molecule has 0 fully saturated rings. The van der Waals surface area contributed by atoms with Crippen LogP contribution < -0.4 is 11.1 Å². The highest BCUT2D eigenvalue weighted by atomic mass is 79.9. The molecule has 2 rings (SSSR count). The van der Waals surface area contributed by atoms with Crippen molar-refractivity contribution in [3.63, 3.8) is 0 Å². The van der Waals surface area contributed by atoms with Gasteiger partial charge in [-0.15, -0.1) is 5.10 Å². The summed E-state index contributed by atoms with van der Waals surface area (Å²) in [4.78, 5) is 0.375. The fourth-order valence-electron chi connectivity index (χ4n) is 1.53. The van der Waals surface area contributed by atoms with Crippen molar-refractivity contribution in [1.29, 1.82) is 0 Å². The molecule has 1 aromatic heterocycles. The number of nitrogens with one attached hydrogen (secondary N) is 1. The molecule has 0 amide bonds. The fourth-order valence-corrected chi connectivity index (χ4v) is 2.06. The van der Waals surface area contributed by atoms with Gasteiger partial charge in [-0.05, 0) is 18.2 Å². The van der Waals surface area contributed by atoms with Crippen LogP contribution in [0.4, 0.5) is 5.69 Å². The van der Waals surface area contributed by atoms with Crippen LogP contribution in [0.15, 0.2) is 35.1 Å². The van der Waals surface area contributed by atoms with E-state index in [1.807, 2.05) is 24.4 Å². The molecule has 0 aliphatic carbocycles. The first kappa shape index (κ1) is 13.0. The molecule has 0 spiro atoms. The van der Waals surface area contributed by atoms with Crippen LogP contribution in [0, 0.1) is 0 Å². The molecule has 0 radical (unpaired) electrons. The summed E-state index contributed by atoms with van der Waals surface area (Å²) in [6, 6.07) is 5.79. The topological polar surface area (TPSA) is 68.8 Å². The Balaban J connectivity index is 2.02. The van der Waals surface area contributed by atoms with Crippen molar-refractivity contribution in [2.75, 3.05) is 11.9 Å². The lowest BCUT2D eigenvalue weighted by Gasteiger charge is -2.11. The molecule has 3 N–H and O–H groups in total. The molecule has 18 heavy (non-hydrogen) atoms. The van der Waals surface area contributed by atoms with Gasteiger partial charge in [0.2, 0.25) is 0 Å². The number of nitrogens with two attached hydrogens (primary N) is 1. The normalized spacial score (nSPS) is 10.3. The monoisotopic (exact) mass is 325 g/mol. The number of thiocarbonyl (C=S) groups is 1. The third-order valence-corrected chi connectivity index (χ3v) is 3.09. The Labute approximate surface area is 118 Å². The van der Waals surface area contributed by atoms with Crippen LogP contribution in [0.5, 0.6) is 0 Å². The summed E-state index contributed by atoms with van der Waals surface area (Å²) in [5.74, 6) is 0. The number of aromatic nitrogens is 3. The third kappa shape index (κ3) is 3.27. The Morgan fingerprint density at radius 2 is 2.33 bits per heavy atom. The van der Waals surface area contributed by atoms with Crippen molar-refractivity contribution < 1.29 is 0 Å². The van der Waals surface area contributed by atoms with Crippen LogP contribution in [-0.4, -0.2) is 26.5 Å². The smallest absolute Gasteiger partial charge is 0.106 e. The first-order chi connectivity index (χ1) is 8.66. The maximum atomic E-state index is 5.69. The van der Waals surface area contributed by atoms with E-state index in [2.05, 4.69) is 31.6 Å². The highest BCUT2D eigenvalue weighted by molar-refractivity contribution is 9.10. The zero-order chi connectivity index (χ0) is 13.0. The second-order valence-electron chi connectivity index (χ2n) is 3.65. The largest absolute Gasteiger partial charge is 0.389 e. The molecule has 0 bridgehead atoms. The predicted molar refractivity (Wildman–Crippen MR) is 78.5 cm³/mol. The van der Waals surface area contributed by atoms with E-state index in [0.29, 0.717) is 4.99 Å². The van der Waals surface area contributed by atoms with E-state index in [1.54, 1.807) is 10.9 Å². The quantitative estimate of drug-likeness (QED) is 0.820. The Kier molecular flexibility index (Phi) is 4.27. The van der Waals surface area contributed by atoms with Crippen LogP contribution in [0.2, 0.25) is 0 Å². The molecule has 2 aromatic rings. The minimum Gasteiger partial charge on any atom is -0.389 e. The number of hydrogen-bond donors (Lipinski definition) is 2. The molecular weight excluding hydrogens is 314 g/mol. The van der Waals surface area contributed by atoms with Gasteiger partial charge in [-0.1, -0.05) is 33.4 Å². The van der Waals surface area contributed by atoms with E-state index in [9.17, 15) is 0 Å². The zero-order valence-electron chi connectivity index (χ0n) is 9.51. The summed E-state index contributed by atoms with van der Waals surface area (Å²) >= 11 is 8.43. The third-order valence-electron chi connectivity index (χ3n) is 2.38. The summed E-state index contributed by atoms with van der Waals surface area (Å²) in [6.45, 7) is 1.45. The van der Waals surface area contributed by atoms with Gasteiger partial charge < -0.3 is 11.1 Å². The second-order valence-corrected chi connectivity index (χ2v) is 5.00. The van der Waals surface area contributed by atoms with Crippen molar-refractivity contribution in [2.24, 2.45) is 5.73 Å². The lowest BCUT2D eigenvalue weighted by Crippen LogP contribution is -2.16. The highest BCUT2D eigenvalue weighted by Crippen LogP contribution is 2.20. The number of anilines is 1. The van der Waals surface area contributed by atoms with E-state index in [-0.39, 0.29) is 0 Å². The minimum atomic E-state index is 0.375. The Bertz CT molecular complexity index is 540. The fraction of sp³-hybridized carbons (Fsp3) is 0.182. The molecule has 0 saturated heterocycles. The number of nitrogens with zero attached hydrogens (tertiary/aromatic N) is 3. The number of rotatable bonds is 5. The van der Waals surface area contributed by atoms with E-state index in [0.717, 1.165) is 28.8 Å². The van der Waals surface area contributed by atoms with Gasteiger partial charge in [0.15, 0.2) is 0 Å². The summed E-state index contributed by atoms with van der Waals surface area (Å²) in [7, 11) is 0. The van der Waals surface area contributed by atoms with Crippen LogP contribution in [0.1, 0.15) is 5.56 Å². The first-order valence-electron chi connectivity index (χ1n) is 5.34. The van der Waals surface area contributed by atoms with Crippen molar-refractivity contribution in [1.82, 2.24) is 15.0 Å². The lowest BCUT2D eigenvalue weighted by molar-refractivity contribution is 0.609. The van der Waals surface area contributed by atoms with Crippen LogP contribution in [0.3, 0.4) is 0 Å². The van der Waals surface area contributed by atoms with E-state index in [4.69, 9.17) is 18.0 Å². The van der Waals surface area contributed by atoms with E-state index >= 15 is 0 Å². The molecule has 94 valence electrons. The molecule has 1 aromatic carbocycles. The molecule has 0 atom stereocenters. The van der Waals surface area contributed by atoms with Gasteiger partial charge in [0, 0.05) is 28.5 Å². The number of hydrogen-bond acceptors (Lipinski definition) is 4. The molecule has 0 aliphatic heterocycles. The van der Waals surface area contributed by atoms with Gasteiger partial charge in [-0.2, -0.15) is 0 Å². The summed E-state index contributed by atoms with van der Waals surface area (Å²) in [5.41, 5.74) is 7.45.